The minimum atomic E-state index is -0.0808. The average molecular weight is 297 g/mol. The van der Waals surface area contributed by atoms with Crippen LogP contribution in [0.15, 0.2) is 55.1 Å². The molecule has 3 aromatic heterocycles. The standard InChI is InChI=1S/C20H15N3/c1-20(2)15-4-3-8-22-19(15)13-6-5-12-10-23-16-7-9-21-11-14(16)17(12)18(13)20/h3-11H,1-2H3. The predicted molar refractivity (Wildman–Crippen MR) is 92.4 cm³/mol. The molecule has 0 radical (unpaired) electrons. The normalized spacial score (nSPS) is 14.9. The highest BCUT2D eigenvalue weighted by molar-refractivity contribution is 6.10. The molecule has 0 fully saturated rings. The first-order valence-corrected chi connectivity index (χ1v) is 7.80. The lowest BCUT2D eigenvalue weighted by Crippen LogP contribution is -2.15. The molecular formula is C20H15N3. The number of fused-ring (bicyclic) bond motifs is 7. The van der Waals surface area contributed by atoms with Gasteiger partial charge in [0, 0.05) is 46.5 Å². The highest BCUT2D eigenvalue weighted by Crippen LogP contribution is 2.51. The van der Waals surface area contributed by atoms with Crippen molar-refractivity contribution in [2.45, 2.75) is 19.3 Å². The predicted octanol–water partition coefficient (Wildman–Crippen LogP) is 4.48. The van der Waals surface area contributed by atoms with Gasteiger partial charge in [-0.3, -0.25) is 15.0 Å². The van der Waals surface area contributed by atoms with Crippen molar-refractivity contribution in [2.24, 2.45) is 0 Å². The second kappa shape index (κ2) is 4.13. The molecule has 1 aromatic carbocycles. The molecule has 0 bridgehead atoms. The van der Waals surface area contributed by atoms with Crippen LogP contribution in [0.2, 0.25) is 0 Å². The average Bonchev–Trinajstić information content (AvgIpc) is 2.83. The van der Waals surface area contributed by atoms with Crippen LogP contribution in [0.4, 0.5) is 0 Å². The van der Waals surface area contributed by atoms with E-state index in [0.29, 0.717) is 0 Å². The molecule has 1 aliphatic carbocycles. The van der Waals surface area contributed by atoms with Gasteiger partial charge in [-0.25, -0.2) is 0 Å². The number of hydrogen-bond acceptors (Lipinski definition) is 3. The van der Waals surface area contributed by atoms with Crippen LogP contribution in [0.25, 0.3) is 32.9 Å². The molecule has 0 aliphatic heterocycles. The Kier molecular flexibility index (Phi) is 2.28. The van der Waals surface area contributed by atoms with Crippen molar-refractivity contribution in [1.82, 2.24) is 15.0 Å². The van der Waals surface area contributed by atoms with Gasteiger partial charge in [0.25, 0.3) is 0 Å². The van der Waals surface area contributed by atoms with Crippen LogP contribution in [0.1, 0.15) is 25.0 Å². The maximum atomic E-state index is 4.65. The van der Waals surface area contributed by atoms with E-state index in [1.54, 1.807) is 6.20 Å². The summed E-state index contributed by atoms with van der Waals surface area (Å²) in [6.45, 7) is 4.56. The van der Waals surface area contributed by atoms with Gasteiger partial charge in [0.1, 0.15) is 0 Å². The fourth-order valence-electron chi connectivity index (χ4n) is 3.95. The van der Waals surface area contributed by atoms with Gasteiger partial charge in [0.05, 0.1) is 11.2 Å². The van der Waals surface area contributed by atoms with Crippen LogP contribution in [-0.4, -0.2) is 15.0 Å². The number of pyridine rings is 3. The Bertz CT molecular complexity index is 1100. The lowest BCUT2D eigenvalue weighted by atomic mass is 9.80. The second-order valence-corrected chi connectivity index (χ2v) is 6.63. The smallest absolute Gasteiger partial charge is 0.0746 e. The summed E-state index contributed by atoms with van der Waals surface area (Å²) in [5, 5.41) is 3.52. The summed E-state index contributed by atoms with van der Waals surface area (Å²) in [5.41, 5.74) is 5.86. The summed E-state index contributed by atoms with van der Waals surface area (Å²) in [4.78, 5) is 13.6. The van der Waals surface area contributed by atoms with Gasteiger partial charge < -0.3 is 0 Å². The molecule has 3 heterocycles. The van der Waals surface area contributed by atoms with Gasteiger partial charge in [0.2, 0.25) is 0 Å². The first-order valence-electron chi connectivity index (χ1n) is 7.80. The topological polar surface area (TPSA) is 38.7 Å². The third-order valence-corrected chi connectivity index (χ3v) is 5.01. The summed E-state index contributed by atoms with van der Waals surface area (Å²) in [6.07, 6.45) is 7.56. The van der Waals surface area contributed by atoms with E-state index in [4.69, 9.17) is 0 Å². The molecule has 0 saturated carbocycles. The van der Waals surface area contributed by atoms with Gasteiger partial charge in [0.15, 0.2) is 0 Å². The van der Waals surface area contributed by atoms with Crippen molar-refractivity contribution < 1.29 is 0 Å². The van der Waals surface area contributed by atoms with Gasteiger partial charge in [-0.1, -0.05) is 32.0 Å². The maximum absolute atomic E-state index is 4.65. The monoisotopic (exact) mass is 297 g/mol. The summed E-state index contributed by atoms with van der Waals surface area (Å²) < 4.78 is 0. The Morgan fingerprint density at radius 3 is 2.74 bits per heavy atom. The van der Waals surface area contributed by atoms with Crippen molar-refractivity contribution in [3.8, 4) is 11.3 Å². The van der Waals surface area contributed by atoms with Crippen molar-refractivity contribution in [3.05, 3.63) is 66.2 Å². The summed E-state index contributed by atoms with van der Waals surface area (Å²) >= 11 is 0. The first kappa shape index (κ1) is 12.7. The Morgan fingerprint density at radius 1 is 0.913 bits per heavy atom. The largest absolute Gasteiger partial charge is 0.264 e. The summed E-state index contributed by atoms with van der Waals surface area (Å²) in [6, 6.07) is 10.5. The van der Waals surface area contributed by atoms with E-state index in [2.05, 4.69) is 47.0 Å². The quantitative estimate of drug-likeness (QED) is 0.449. The number of nitrogens with zero attached hydrogens (tertiary/aromatic N) is 3. The molecule has 23 heavy (non-hydrogen) atoms. The molecule has 0 saturated heterocycles. The maximum Gasteiger partial charge on any atom is 0.0746 e. The Balaban J connectivity index is 2.04. The number of benzene rings is 1. The zero-order valence-electron chi connectivity index (χ0n) is 13.0. The van der Waals surface area contributed by atoms with E-state index in [1.165, 1.54) is 22.1 Å². The highest BCUT2D eigenvalue weighted by Gasteiger charge is 2.38. The summed E-state index contributed by atoms with van der Waals surface area (Å²) in [5.74, 6) is 0. The van der Waals surface area contributed by atoms with Crippen molar-refractivity contribution in [2.75, 3.05) is 0 Å². The van der Waals surface area contributed by atoms with Crippen LogP contribution in [0.5, 0.6) is 0 Å². The second-order valence-electron chi connectivity index (χ2n) is 6.63. The van der Waals surface area contributed by atoms with Crippen LogP contribution >= 0.6 is 0 Å². The molecule has 3 heteroatoms. The molecular weight excluding hydrogens is 282 g/mol. The fourth-order valence-corrected chi connectivity index (χ4v) is 3.95. The van der Waals surface area contributed by atoms with Gasteiger partial charge in [-0.05, 0) is 28.6 Å². The molecule has 0 spiro atoms. The van der Waals surface area contributed by atoms with Crippen LogP contribution in [0.3, 0.4) is 0 Å². The van der Waals surface area contributed by atoms with E-state index in [1.807, 2.05) is 30.7 Å². The highest BCUT2D eigenvalue weighted by atomic mass is 14.7. The van der Waals surface area contributed by atoms with Gasteiger partial charge in [-0.15, -0.1) is 0 Å². The number of aromatic nitrogens is 3. The molecule has 1 aliphatic rings. The Morgan fingerprint density at radius 2 is 1.83 bits per heavy atom. The third kappa shape index (κ3) is 1.51. The fraction of sp³-hybridized carbons (Fsp3) is 0.150. The molecule has 3 nitrogen and oxygen atoms in total. The lowest BCUT2D eigenvalue weighted by Gasteiger charge is -2.23. The summed E-state index contributed by atoms with van der Waals surface area (Å²) in [7, 11) is 0. The van der Waals surface area contributed by atoms with E-state index in [9.17, 15) is 0 Å². The zero-order chi connectivity index (χ0) is 15.6. The first-order chi connectivity index (χ1) is 11.2. The molecule has 4 aromatic rings. The molecule has 0 unspecified atom stereocenters. The Hall–Kier alpha value is -2.81. The molecule has 5 rings (SSSR count). The van der Waals surface area contributed by atoms with Crippen LogP contribution in [-0.2, 0) is 5.41 Å². The van der Waals surface area contributed by atoms with E-state index < -0.39 is 0 Å². The lowest BCUT2D eigenvalue weighted by molar-refractivity contribution is 0.665. The minimum absolute atomic E-state index is 0.0808. The van der Waals surface area contributed by atoms with Gasteiger partial charge >= 0.3 is 0 Å². The van der Waals surface area contributed by atoms with Crippen LogP contribution < -0.4 is 0 Å². The van der Waals surface area contributed by atoms with Crippen molar-refractivity contribution >= 4 is 21.7 Å². The molecule has 0 N–H and O–H groups in total. The van der Waals surface area contributed by atoms with Crippen molar-refractivity contribution in [1.29, 1.82) is 0 Å². The van der Waals surface area contributed by atoms with E-state index in [-0.39, 0.29) is 5.41 Å². The van der Waals surface area contributed by atoms with Crippen LogP contribution in [0, 0.1) is 0 Å². The van der Waals surface area contributed by atoms with Gasteiger partial charge in [-0.2, -0.15) is 0 Å². The van der Waals surface area contributed by atoms with E-state index >= 15 is 0 Å². The SMILES string of the molecule is CC1(C)c2cccnc2-c2ccc3cnc4ccncc4c3c21. The number of hydrogen-bond donors (Lipinski definition) is 0. The zero-order valence-corrected chi connectivity index (χ0v) is 13.0. The minimum Gasteiger partial charge on any atom is -0.264 e. The molecule has 0 atom stereocenters. The molecule has 110 valence electrons. The van der Waals surface area contributed by atoms with Crippen molar-refractivity contribution in [3.63, 3.8) is 0 Å². The van der Waals surface area contributed by atoms with E-state index in [0.717, 1.165) is 22.0 Å². The third-order valence-electron chi connectivity index (χ3n) is 5.01. The Labute approximate surface area is 134 Å². The molecule has 0 amide bonds. The number of rotatable bonds is 0.